The van der Waals surface area contributed by atoms with E-state index in [0.29, 0.717) is 28.3 Å². The number of alkyl halides is 2. The number of nitrogens with zero attached hydrogens (tertiary/aromatic N) is 4. The first-order valence-electron chi connectivity index (χ1n) is 11.2. The van der Waals surface area contributed by atoms with E-state index in [0.717, 1.165) is 11.1 Å². The van der Waals surface area contributed by atoms with E-state index in [2.05, 4.69) is 16.2 Å². The van der Waals surface area contributed by atoms with Crippen LogP contribution in [0.5, 0.6) is 5.75 Å². The van der Waals surface area contributed by atoms with E-state index in [1.807, 2.05) is 18.2 Å². The van der Waals surface area contributed by atoms with Gasteiger partial charge >= 0.3 is 0 Å². The number of allylic oxidation sites excluding steroid dienone is 1. The van der Waals surface area contributed by atoms with Crippen LogP contribution in [-0.2, 0) is 12.8 Å². The maximum absolute atomic E-state index is 13.7. The van der Waals surface area contributed by atoms with Crippen molar-refractivity contribution in [2.24, 2.45) is 7.05 Å². The number of hydrogen-bond donors (Lipinski definition) is 0. The van der Waals surface area contributed by atoms with Gasteiger partial charge in [-0.3, -0.25) is 9.48 Å². The Morgan fingerprint density at radius 1 is 1.19 bits per heavy atom. The second-order valence-corrected chi connectivity index (χ2v) is 8.92. The molecule has 0 saturated heterocycles. The summed E-state index contributed by atoms with van der Waals surface area (Å²) in [5.74, 6) is 0.713. The Kier molecular flexibility index (Phi) is 8.11. The van der Waals surface area contributed by atoms with Crippen LogP contribution in [0.25, 0.3) is 17.2 Å². The lowest BCUT2D eigenvalue weighted by Gasteiger charge is -2.13. The fraction of sp³-hybridized carbons (Fsp3) is 0.143. The molecule has 2 aromatic heterocycles. The average Bonchev–Trinajstić information content (AvgIpc) is 3.36. The first kappa shape index (κ1) is 25.8. The van der Waals surface area contributed by atoms with Gasteiger partial charge in [0.1, 0.15) is 28.2 Å². The molecule has 0 unspecified atom stereocenters. The van der Waals surface area contributed by atoms with E-state index < -0.39 is 12.1 Å². The highest BCUT2D eigenvalue weighted by atomic mass is 32.2. The van der Waals surface area contributed by atoms with Gasteiger partial charge < -0.3 is 4.74 Å². The highest BCUT2D eigenvalue weighted by Crippen LogP contribution is 2.36. The van der Waals surface area contributed by atoms with Crippen molar-refractivity contribution in [3.8, 4) is 22.9 Å². The number of ketones is 1. The average molecular weight is 517 g/mol. The molecule has 6 nitrogen and oxygen atoms in total. The molecule has 4 aromatic rings. The lowest BCUT2D eigenvalue weighted by molar-refractivity contribution is 0.103. The van der Waals surface area contributed by atoms with E-state index in [4.69, 9.17) is 4.74 Å². The van der Waals surface area contributed by atoms with Crippen LogP contribution < -0.4 is 4.74 Å². The summed E-state index contributed by atoms with van der Waals surface area (Å²) in [4.78, 5) is 16.5. The van der Waals surface area contributed by atoms with Crippen molar-refractivity contribution in [3.63, 3.8) is 0 Å². The fourth-order valence-electron chi connectivity index (χ4n) is 3.74. The molecule has 0 amide bonds. The monoisotopic (exact) mass is 516 g/mol. The molecule has 37 heavy (non-hydrogen) atoms. The van der Waals surface area contributed by atoms with E-state index in [9.17, 15) is 18.8 Å². The molecule has 0 aliphatic rings. The molecule has 0 fully saturated rings. The molecule has 0 N–H and O–H groups in total. The minimum Gasteiger partial charge on any atom is -0.496 e. The van der Waals surface area contributed by atoms with Crippen LogP contribution in [0.2, 0.25) is 0 Å². The molecular weight excluding hydrogens is 494 g/mol. The van der Waals surface area contributed by atoms with Gasteiger partial charge in [-0.15, -0.1) is 11.8 Å². The lowest BCUT2D eigenvalue weighted by Crippen LogP contribution is -2.03. The molecule has 2 heterocycles. The van der Waals surface area contributed by atoms with Crippen LogP contribution >= 0.6 is 11.8 Å². The molecule has 0 saturated carbocycles. The van der Waals surface area contributed by atoms with Gasteiger partial charge in [0.05, 0.1) is 12.7 Å². The molecule has 9 heteroatoms. The van der Waals surface area contributed by atoms with E-state index >= 15 is 0 Å². The van der Waals surface area contributed by atoms with Crippen molar-refractivity contribution < 1.29 is 18.3 Å². The topological polar surface area (TPSA) is 80.8 Å². The molecule has 186 valence electrons. The summed E-state index contributed by atoms with van der Waals surface area (Å²) in [5, 5.41) is 14.1. The number of pyridine rings is 1. The second kappa shape index (κ2) is 11.6. The van der Waals surface area contributed by atoms with Gasteiger partial charge in [0.2, 0.25) is 5.78 Å². The van der Waals surface area contributed by atoms with Gasteiger partial charge in [0, 0.05) is 30.1 Å². The normalized spacial score (nSPS) is 11.1. The number of hydrogen-bond acceptors (Lipinski definition) is 6. The molecule has 0 aliphatic heterocycles. The number of nitriles is 1. The van der Waals surface area contributed by atoms with Crippen molar-refractivity contribution in [2.75, 3.05) is 7.11 Å². The maximum Gasteiger partial charge on any atom is 0.280 e. The van der Waals surface area contributed by atoms with Crippen LogP contribution in [0.15, 0.2) is 78.0 Å². The largest absolute Gasteiger partial charge is 0.496 e. The predicted octanol–water partition coefficient (Wildman–Crippen LogP) is 6.49. The van der Waals surface area contributed by atoms with Crippen molar-refractivity contribution >= 4 is 23.6 Å². The molecular formula is C28H22F2N4O2S. The Bertz CT molecular complexity index is 1490. The van der Waals surface area contributed by atoms with Crippen molar-refractivity contribution in [2.45, 2.75) is 17.2 Å². The molecule has 0 aliphatic carbocycles. The molecule has 0 atom stereocenters. The third kappa shape index (κ3) is 5.93. The molecule has 4 rings (SSSR count). The van der Waals surface area contributed by atoms with Gasteiger partial charge in [0.25, 0.3) is 6.43 Å². The lowest BCUT2D eigenvalue weighted by atomic mass is 10.0. The Morgan fingerprint density at radius 3 is 2.62 bits per heavy atom. The number of rotatable bonds is 9. The Balaban J connectivity index is 1.64. The predicted molar refractivity (Wildman–Crippen MR) is 138 cm³/mol. The summed E-state index contributed by atoms with van der Waals surface area (Å²) < 4.78 is 34.3. The van der Waals surface area contributed by atoms with Gasteiger partial charge in [-0.05, 0) is 41.5 Å². The third-order valence-corrected chi connectivity index (χ3v) is 6.62. The van der Waals surface area contributed by atoms with E-state index in [-0.39, 0.29) is 16.4 Å². The number of benzene rings is 2. The summed E-state index contributed by atoms with van der Waals surface area (Å²) in [6.07, 6.45) is 1.92. The summed E-state index contributed by atoms with van der Waals surface area (Å²) in [7, 11) is 3.23. The van der Waals surface area contributed by atoms with Crippen molar-refractivity contribution in [3.05, 3.63) is 101 Å². The Morgan fingerprint density at radius 2 is 1.97 bits per heavy atom. The first-order valence-corrected chi connectivity index (χ1v) is 12.2. The summed E-state index contributed by atoms with van der Waals surface area (Å²) in [5.41, 5.74) is 2.89. The van der Waals surface area contributed by atoms with Gasteiger partial charge in [-0.25, -0.2) is 13.8 Å². The SMILES string of the molecule is COc1ccc(/C=C/C(=O)c2ccnn2C)cc1CSc1nc(C(F)F)cc(-c2ccccc2)c1C#N. The number of aromatic nitrogens is 3. The van der Waals surface area contributed by atoms with Gasteiger partial charge in [-0.1, -0.05) is 42.5 Å². The number of carbonyl (C=O) groups excluding carboxylic acids is 1. The number of ether oxygens (including phenoxy) is 1. The summed E-state index contributed by atoms with van der Waals surface area (Å²) in [6.45, 7) is 0. The summed E-state index contributed by atoms with van der Waals surface area (Å²) in [6, 6.07) is 19.4. The van der Waals surface area contributed by atoms with Crippen LogP contribution in [-0.4, -0.2) is 27.7 Å². The highest BCUT2D eigenvalue weighted by Gasteiger charge is 2.19. The number of thioether (sulfide) groups is 1. The molecule has 2 aromatic carbocycles. The zero-order valence-electron chi connectivity index (χ0n) is 20.1. The zero-order valence-corrected chi connectivity index (χ0v) is 20.9. The van der Waals surface area contributed by atoms with Crippen LogP contribution in [0, 0.1) is 11.3 Å². The number of halogens is 2. The van der Waals surface area contributed by atoms with E-state index in [1.54, 1.807) is 55.7 Å². The molecule has 0 radical (unpaired) electrons. The van der Waals surface area contributed by atoms with E-state index in [1.165, 1.54) is 35.7 Å². The van der Waals surface area contributed by atoms with Crippen LogP contribution in [0.1, 0.15) is 39.3 Å². The molecule has 0 bridgehead atoms. The Labute approximate surface area is 217 Å². The van der Waals surface area contributed by atoms with Crippen molar-refractivity contribution in [1.82, 2.24) is 14.8 Å². The smallest absolute Gasteiger partial charge is 0.280 e. The quantitative estimate of drug-likeness (QED) is 0.144. The second-order valence-electron chi connectivity index (χ2n) is 7.95. The standard InChI is InChI=1S/C28H22F2N4O2S/c1-34-24(12-13-32-34)25(35)10-8-18-9-11-26(36-2)20(14-18)17-37-28-22(16-31)21(15-23(33-28)27(29)30)19-6-4-3-5-7-19/h3-15,27H,17H2,1-2H3/b10-8+. The molecule has 0 spiro atoms. The van der Waals surface area contributed by atoms with Crippen LogP contribution in [0.4, 0.5) is 8.78 Å². The minimum absolute atomic E-state index is 0.188. The highest BCUT2D eigenvalue weighted by molar-refractivity contribution is 7.98. The van der Waals surface area contributed by atoms with Gasteiger partial charge in [-0.2, -0.15) is 10.4 Å². The maximum atomic E-state index is 13.7. The minimum atomic E-state index is -2.78. The first-order chi connectivity index (χ1) is 17.9. The van der Waals surface area contributed by atoms with Crippen LogP contribution in [0.3, 0.4) is 0 Å². The number of aryl methyl sites for hydroxylation is 1. The number of carbonyl (C=O) groups is 1. The number of methoxy groups -OCH3 is 1. The summed E-state index contributed by atoms with van der Waals surface area (Å²) >= 11 is 1.18. The Hall–Kier alpha value is -4.29. The fourth-order valence-corrected chi connectivity index (χ4v) is 4.73. The van der Waals surface area contributed by atoms with Gasteiger partial charge in [0.15, 0.2) is 0 Å². The van der Waals surface area contributed by atoms with Crippen molar-refractivity contribution in [1.29, 1.82) is 5.26 Å². The zero-order chi connectivity index (χ0) is 26.4. The third-order valence-electron chi connectivity index (χ3n) is 5.60.